The van der Waals surface area contributed by atoms with Gasteiger partial charge in [-0.15, -0.1) is 0 Å². The normalized spacial score (nSPS) is 22.5. The van der Waals surface area contributed by atoms with E-state index in [1.54, 1.807) is 10.6 Å². The molecule has 2 aliphatic rings. The van der Waals surface area contributed by atoms with Crippen LogP contribution < -0.4 is 10.6 Å². The predicted octanol–water partition coefficient (Wildman–Crippen LogP) is 3.66. The number of urea groups is 1. The summed E-state index contributed by atoms with van der Waals surface area (Å²) in [5.41, 5.74) is -2.93. The number of alkyl halides is 3. The summed E-state index contributed by atoms with van der Waals surface area (Å²) in [6, 6.07) is 3.94. The Morgan fingerprint density at radius 3 is 2.39 bits per heavy atom. The van der Waals surface area contributed by atoms with Crippen molar-refractivity contribution < 1.29 is 31.9 Å². The van der Waals surface area contributed by atoms with Crippen molar-refractivity contribution in [2.45, 2.75) is 63.2 Å². The van der Waals surface area contributed by atoms with Crippen molar-refractivity contribution in [1.82, 2.24) is 15.5 Å². The molecule has 3 rings (SSSR count). The van der Waals surface area contributed by atoms with Gasteiger partial charge < -0.3 is 5.32 Å². The predicted molar refractivity (Wildman–Crippen MR) is 103 cm³/mol. The molecule has 1 atom stereocenters. The minimum absolute atomic E-state index is 0.0446. The lowest BCUT2D eigenvalue weighted by Crippen LogP contribution is -2.69. The van der Waals surface area contributed by atoms with Gasteiger partial charge in [-0.3, -0.25) is 19.8 Å². The molecule has 4 amide bonds. The molecule has 1 aromatic rings. The van der Waals surface area contributed by atoms with Crippen LogP contribution in [0.25, 0.3) is 0 Å². The Morgan fingerprint density at radius 1 is 1.13 bits per heavy atom. The van der Waals surface area contributed by atoms with Gasteiger partial charge in [-0.05, 0) is 36.5 Å². The van der Waals surface area contributed by atoms with Crippen LogP contribution in [0.3, 0.4) is 0 Å². The minimum atomic E-state index is -5.22. The molecule has 6 nitrogen and oxygen atoms in total. The van der Waals surface area contributed by atoms with E-state index in [0.29, 0.717) is 16.9 Å². The first kappa shape index (κ1) is 23.0. The van der Waals surface area contributed by atoms with Crippen LogP contribution in [-0.4, -0.2) is 41.1 Å². The number of hydrogen-bond acceptors (Lipinski definition) is 3. The zero-order valence-electron chi connectivity index (χ0n) is 16.9. The fraction of sp³-hybridized carbons (Fsp3) is 0.571. The van der Waals surface area contributed by atoms with Gasteiger partial charge in [0.1, 0.15) is 5.82 Å². The number of amides is 4. The third-order valence-electron chi connectivity index (χ3n) is 5.90. The van der Waals surface area contributed by atoms with Crippen molar-refractivity contribution >= 4 is 17.8 Å². The molecule has 1 aromatic carbocycles. The Labute approximate surface area is 177 Å². The summed E-state index contributed by atoms with van der Waals surface area (Å²) in [4.78, 5) is 37.6. The van der Waals surface area contributed by atoms with E-state index in [4.69, 9.17) is 0 Å². The number of hydrogen-bond donors (Lipinski definition) is 2. The van der Waals surface area contributed by atoms with E-state index >= 15 is 0 Å². The van der Waals surface area contributed by atoms with E-state index in [0.717, 1.165) is 32.1 Å². The maximum absolute atomic E-state index is 13.9. The molecule has 0 aromatic heterocycles. The van der Waals surface area contributed by atoms with E-state index in [1.807, 2.05) is 0 Å². The zero-order chi connectivity index (χ0) is 22.6. The molecule has 1 aliphatic heterocycles. The minimum Gasteiger partial charge on any atom is -0.318 e. The number of imide groups is 1. The van der Waals surface area contributed by atoms with E-state index in [2.05, 4.69) is 0 Å². The molecule has 2 N–H and O–H groups in total. The first-order valence-corrected chi connectivity index (χ1v) is 10.4. The zero-order valence-corrected chi connectivity index (χ0v) is 16.9. The monoisotopic (exact) mass is 443 g/mol. The third kappa shape index (κ3) is 5.16. The highest BCUT2D eigenvalue weighted by Crippen LogP contribution is 2.34. The lowest BCUT2D eigenvalue weighted by Gasteiger charge is -2.30. The molecule has 31 heavy (non-hydrogen) atoms. The molecule has 2 fully saturated rings. The number of rotatable bonds is 7. The Kier molecular flexibility index (Phi) is 6.86. The van der Waals surface area contributed by atoms with E-state index in [9.17, 15) is 31.9 Å². The van der Waals surface area contributed by atoms with Gasteiger partial charge in [-0.25, -0.2) is 9.18 Å². The van der Waals surface area contributed by atoms with Gasteiger partial charge in [-0.1, -0.05) is 44.2 Å². The first-order valence-electron chi connectivity index (χ1n) is 10.4. The molecule has 0 radical (unpaired) electrons. The molecule has 1 saturated heterocycles. The quantitative estimate of drug-likeness (QED) is 0.499. The van der Waals surface area contributed by atoms with Crippen molar-refractivity contribution in [3.05, 3.63) is 35.6 Å². The molecule has 0 bridgehead atoms. The summed E-state index contributed by atoms with van der Waals surface area (Å²) in [5, 5.41) is 3.39. The summed E-state index contributed by atoms with van der Waals surface area (Å²) in [5.74, 6) is -2.71. The Hall–Kier alpha value is -2.65. The number of halogens is 4. The molecular formula is C21H25F4N3O3. The highest BCUT2D eigenvalue weighted by Gasteiger charge is 2.68. The summed E-state index contributed by atoms with van der Waals surface area (Å²) in [6.07, 6.45) is 0.182. The number of nitrogens with one attached hydrogen (secondary N) is 2. The van der Waals surface area contributed by atoms with Crippen LogP contribution in [0.1, 0.15) is 50.5 Å². The Bertz CT molecular complexity index is 822. The largest absolute Gasteiger partial charge is 0.440 e. The smallest absolute Gasteiger partial charge is 0.318 e. The van der Waals surface area contributed by atoms with Gasteiger partial charge in [0.05, 0.1) is 0 Å². The molecule has 0 unspecified atom stereocenters. The van der Waals surface area contributed by atoms with Crippen molar-refractivity contribution in [3.63, 3.8) is 0 Å². The lowest BCUT2D eigenvalue weighted by atomic mass is 9.86. The molecule has 1 aliphatic carbocycles. The summed E-state index contributed by atoms with van der Waals surface area (Å²) in [7, 11) is 0. The van der Waals surface area contributed by atoms with Gasteiger partial charge in [0.15, 0.2) is 0 Å². The van der Waals surface area contributed by atoms with Crippen molar-refractivity contribution in [2.24, 2.45) is 5.92 Å². The maximum Gasteiger partial charge on any atom is 0.440 e. The second-order valence-corrected chi connectivity index (χ2v) is 8.10. The van der Waals surface area contributed by atoms with Gasteiger partial charge in [0, 0.05) is 13.0 Å². The number of nitrogens with zero attached hydrogens (tertiary/aromatic N) is 1. The maximum atomic E-state index is 13.9. The molecule has 170 valence electrons. The second-order valence-electron chi connectivity index (χ2n) is 8.10. The fourth-order valence-electron chi connectivity index (χ4n) is 4.10. The van der Waals surface area contributed by atoms with Gasteiger partial charge in [-0.2, -0.15) is 13.2 Å². The van der Waals surface area contributed by atoms with E-state index < -0.39 is 35.5 Å². The van der Waals surface area contributed by atoms with Crippen LogP contribution in [0.5, 0.6) is 0 Å². The SMILES string of the molecule is O=C(CCC1CCCCC1)N[C@@]1(C(F)(F)F)NC(=O)N(CCc2ccc(F)cc2)C1=O. The topological polar surface area (TPSA) is 78.5 Å². The van der Waals surface area contributed by atoms with Gasteiger partial charge in [0.25, 0.3) is 11.6 Å². The number of benzene rings is 1. The fourth-order valence-corrected chi connectivity index (χ4v) is 4.10. The van der Waals surface area contributed by atoms with Crippen LogP contribution in [0.4, 0.5) is 22.4 Å². The second kappa shape index (κ2) is 9.23. The van der Waals surface area contributed by atoms with E-state index in [1.165, 1.54) is 24.3 Å². The average Bonchev–Trinajstić information content (AvgIpc) is 2.97. The molecule has 10 heteroatoms. The van der Waals surface area contributed by atoms with Crippen molar-refractivity contribution in [1.29, 1.82) is 0 Å². The van der Waals surface area contributed by atoms with Gasteiger partial charge in [0.2, 0.25) is 5.91 Å². The number of carbonyl (C=O) groups excluding carboxylic acids is 3. The van der Waals surface area contributed by atoms with Crippen LogP contribution in [0.15, 0.2) is 24.3 Å². The third-order valence-corrected chi connectivity index (χ3v) is 5.90. The Morgan fingerprint density at radius 2 is 1.77 bits per heavy atom. The molecule has 1 saturated carbocycles. The van der Waals surface area contributed by atoms with Crippen LogP contribution in [0, 0.1) is 11.7 Å². The van der Waals surface area contributed by atoms with Crippen molar-refractivity contribution in [3.8, 4) is 0 Å². The molecule has 0 spiro atoms. The van der Waals surface area contributed by atoms with Crippen molar-refractivity contribution in [2.75, 3.05) is 6.54 Å². The molecule has 1 heterocycles. The highest BCUT2D eigenvalue weighted by molar-refractivity contribution is 6.08. The Balaban J connectivity index is 1.67. The summed E-state index contributed by atoms with van der Waals surface area (Å²) in [6.45, 7) is -0.341. The van der Waals surface area contributed by atoms with Crippen LogP contribution in [-0.2, 0) is 16.0 Å². The summed E-state index contributed by atoms with van der Waals surface area (Å²) >= 11 is 0. The highest BCUT2D eigenvalue weighted by atomic mass is 19.4. The molecular weight excluding hydrogens is 418 g/mol. The number of carbonyl (C=O) groups is 3. The van der Waals surface area contributed by atoms with Gasteiger partial charge >= 0.3 is 12.2 Å². The van der Waals surface area contributed by atoms with Crippen LogP contribution >= 0.6 is 0 Å². The first-order chi connectivity index (χ1) is 14.6. The van der Waals surface area contributed by atoms with E-state index in [-0.39, 0.29) is 25.3 Å². The standard InChI is InChI=1S/C21H25F4N3O3/c22-16-9-6-15(7-10-16)12-13-28-18(30)20(21(23,24)25,27-19(28)31)26-17(29)11-8-14-4-2-1-3-5-14/h6-7,9-10,14H,1-5,8,11-13H2,(H,26,29)(H,27,31)/t20-/m1/s1. The summed E-state index contributed by atoms with van der Waals surface area (Å²) < 4.78 is 54.6. The van der Waals surface area contributed by atoms with Crippen LogP contribution in [0.2, 0.25) is 0 Å². The lowest BCUT2D eigenvalue weighted by molar-refractivity contribution is -0.204. The average molecular weight is 443 g/mol.